The van der Waals surface area contributed by atoms with Crippen molar-refractivity contribution in [3.63, 3.8) is 0 Å². The highest BCUT2D eigenvalue weighted by molar-refractivity contribution is 6.26. The van der Waals surface area contributed by atoms with E-state index in [9.17, 15) is 0 Å². The average Bonchev–Trinajstić information content (AvgIpc) is 3.91. The molecule has 13 aromatic rings. The van der Waals surface area contributed by atoms with Crippen molar-refractivity contribution >= 4 is 54.1 Å². The van der Waals surface area contributed by atoms with Gasteiger partial charge in [-0.1, -0.05) is 200 Å². The molecule has 15 rings (SSSR count). The number of aromatic nitrogens is 3. The second-order valence-electron chi connectivity index (χ2n) is 18.4. The van der Waals surface area contributed by atoms with Crippen molar-refractivity contribution in [2.24, 2.45) is 0 Å². The first-order valence-electron chi connectivity index (χ1n) is 23.5. The molecule has 1 aliphatic carbocycles. The predicted octanol–water partition coefficient (Wildman–Crippen LogP) is 16.4. The van der Waals surface area contributed by atoms with Crippen molar-refractivity contribution in [2.45, 2.75) is 5.41 Å². The Kier molecular flexibility index (Phi) is 7.71. The van der Waals surface area contributed by atoms with Crippen molar-refractivity contribution in [2.75, 3.05) is 0 Å². The summed E-state index contributed by atoms with van der Waals surface area (Å²) in [4.78, 5) is 10.5. The zero-order valence-corrected chi connectivity index (χ0v) is 36.9. The molecule has 0 saturated heterocycles. The minimum Gasteiger partial charge on any atom is -0.309 e. The van der Waals surface area contributed by atoms with Gasteiger partial charge >= 0.3 is 0 Å². The third kappa shape index (κ3) is 5.07. The van der Waals surface area contributed by atoms with Crippen LogP contribution in [0.3, 0.4) is 0 Å². The second-order valence-corrected chi connectivity index (χ2v) is 18.4. The van der Waals surface area contributed by atoms with E-state index >= 15 is 0 Å². The van der Waals surface area contributed by atoms with Crippen LogP contribution >= 0.6 is 0 Å². The van der Waals surface area contributed by atoms with Crippen LogP contribution in [0.2, 0.25) is 0 Å². The minimum absolute atomic E-state index is 0.587. The Morgan fingerprint density at radius 3 is 1.51 bits per heavy atom. The Balaban J connectivity index is 1.02. The first-order valence-corrected chi connectivity index (χ1v) is 23.5. The molecule has 1 spiro atoms. The van der Waals surface area contributed by atoms with Crippen LogP contribution < -0.4 is 0 Å². The SMILES string of the molecule is c1ccc(-c2cc(-c3ccc4c(c3)-c3cc(-c5ccc6c7ccccc7c7ccccc7c6c5)ccc3C43c4ccccc4-n4c5ccccc5c5cccc3c54)nc(-c3ccccc3)n2)cc1. The number of hydrogen-bond acceptors (Lipinski definition) is 2. The van der Waals surface area contributed by atoms with Crippen LogP contribution in [-0.2, 0) is 5.41 Å². The highest BCUT2D eigenvalue weighted by Crippen LogP contribution is 2.62. The zero-order chi connectivity index (χ0) is 44.5. The molecule has 3 nitrogen and oxygen atoms in total. The third-order valence-electron chi connectivity index (χ3n) is 15.0. The first kappa shape index (κ1) is 37.3. The summed E-state index contributed by atoms with van der Waals surface area (Å²) in [7, 11) is 0. The maximum absolute atomic E-state index is 5.33. The van der Waals surface area contributed by atoms with Crippen LogP contribution in [0.5, 0.6) is 0 Å². The lowest BCUT2D eigenvalue weighted by molar-refractivity contribution is 0.748. The van der Waals surface area contributed by atoms with Gasteiger partial charge in [0, 0.05) is 27.5 Å². The number of benzene rings is 11. The fourth-order valence-corrected chi connectivity index (χ4v) is 12.1. The minimum atomic E-state index is -0.587. The quantitative estimate of drug-likeness (QED) is 0.165. The van der Waals surface area contributed by atoms with E-state index in [1.165, 1.54) is 104 Å². The fourth-order valence-electron chi connectivity index (χ4n) is 12.1. The molecule has 2 aromatic heterocycles. The summed E-state index contributed by atoms with van der Waals surface area (Å²) < 4.78 is 2.52. The summed E-state index contributed by atoms with van der Waals surface area (Å²) in [5, 5.41) is 10.2. The zero-order valence-electron chi connectivity index (χ0n) is 36.9. The molecule has 0 amide bonds. The van der Waals surface area contributed by atoms with E-state index in [4.69, 9.17) is 9.97 Å². The van der Waals surface area contributed by atoms with Gasteiger partial charge in [-0.3, -0.25) is 0 Å². The molecule has 0 bridgehead atoms. The Bertz CT molecular complexity index is 4170. The molecule has 314 valence electrons. The Labute approximate surface area is 392 Å². The van der Waals surface area contributed by atoms with E-state index in [1.54, 1.807) is 0 Å². The van der Waals surface area contributed by atoms with Gasteiger partial charge in [0.05, 0.1) is 33.5 Å². The molecule has 0 N–H and O–H groups in total. The van der Waals surface area contributed by atoms with E-state index in [2.05, 4.69) is 235 Å². The monoisotopic (exact) mass is 861 g/mol. The fraction of sp³-hybridized carbons (Fsp3) is 0.0154. The van der Waals surface area contributed by atoms with Gasteiger partial charge in [-0.05, 0) is 113 Å². The van der Waals surface area contributed by atoms with Gasteiger partial charge in [-0.25, -0.2) is 9.97 Å². The molecule has 3 heteroatoms. The first-order chi connectivity index (χ1) is 33.7. The Hall–Kier alpha value is -8.92. The van der Waals surface area contributed by atoms with Crippen molar-refractivity contribution in [1.82, 2.24) is 14.5 Å². The highest BCUT2D eigenvalue weighted by Gasteiger charge is 2.51. The van der Waals surface area contributed by atoms with E-state index in [0.29, 0.717) is 5.82 Å². The van der Waals surface area contributed by atoms with Crippen LogP contribution in [0.25, 0.3) is 116 Å². The lowest BCUT2D eigenvalue weighted by atomic mass is 9.65. The van der Waals surface area contributed by atoms with Crippen molar-refractivity contribution in [3.05, 3.63) is 259 Å². The molecule has 1 aliphatic heterocycles. The number of hydrogen-bond donors (Lipinski definition) is 0. The summed E-state index contributed by atoms with van der Waals surface area (Å²) in [5.74, 6) is 0.707. The van der Waals surface area contributed by atoms with Gasteiger partial charge in [0.25, 0.3) is 0 Å². The van der Waals surface area contributed by atoms with Crippen LogP contribution in [0, 0.1) is 0 Å². The van der Waals surface area contributed by atoms with E-state index in [0.717, 1.165) is 28.1 Å². The summed E-state index contributed by atoms with van der Waals surface area (Å²) >= 11 is 0. The number of fused-ring (bicyclic) bond motifs is 18. The molecule has 68 heavy (non-hydrogen) atoms. The maximum atomic E-state index is 5.33. The van der Waals surface area contributed by atoms with Crippen molar-refractivity contribution in [3.8, 4) is 61.8 Å². The molecular weight excluding hydrogens is 823 g/mol. The number of rotatable bonds is 4. The summed E-state index contributed by atoms with van der Waals surface area (Å²) in [6.45, 7) is 0. The standard InChI is InChI=1S/C65H39N3/c1-3-16-40(17-4-1)59-39-60(67-64(66-59)41-18-5-2-6-19-41)44-32-35-56-54(38-44)53-37-43(42-30-33-49-47-22-8-7-20-45(47)46-21-9-10-23-48(46)52(49)36-42)31-34-55(53)65(56)57-26-12-14-29-62(57)68-61-28-13-11-24-50(61)51-25-15-27-58(65)63(51)68/h1-39H. The van der Waals surface area contributed by atoms with Crippen molar-refractivity contribution < 1.29 is 0 Å². The van der Waals surface area contributed by atoms with Gasteiger partial charge in [0.1, 0.15) is 0 Å². The summed E-state index contributed by atoms with van der Waals surface area (Å²) in [6.07, 6.45) is 0. The van der Waals surface area contributed by atoms with Gasteiger partial charge in [-0.15, -0.1) is 0 Å². The number of para-hydroxylation sites is 3. The largest absolute Gasteiger partial charge is 0.309 e. The predicted molar refractivity (Wildman–Crippen MR) is 281 cm³/mol. The summed E-state index contributed by atoms with van der Waals surface area (Å²) in [6, 6.07) is 87.0. The average molecular weight is 862 g/mol. The third-order valence-corrected chi connectivity index (χ3v) is 15.0. The molecule has 3 heterocycles. The van der Waals surface area contributed by atoms with Gasteiger partial charge in [0.15, 0.2) is 5.82 Å². The molecule has 1 atom stereocenters. The van der Waals surface area contributed by atoms with Crippen molar-refractivity contribution in [1.29, 1.82) is 0 Å². The van der Waals surface area contributed by atoms with E-state index in [1.807, 2.05) is 6.07 Å². The maximum Gasteiger partial charge on any atom is 0.160 e. The summed E-state index contributed by atoms with van der Waals surface area (Å²) in [5.41, 5.74) is 18.0. The molecule has 1 unspecified atom stereocenters. The molecule has 2 aliphatic rings. The van der Waals surface area contributed by atoms with Gasteiger partial charge in [-0.2, -0.15) is 0 Å². The van der Waals surface area contributed by atoms with Crippen LogP contribution in [-0.4, -0.2) is 14.5 Å². The van der Waals surface area contributed by atoms with E-state index in [-0.39, 0.29) is 0 Å². The van der Waals surface area contributed by atoms with Gasteiger partial charge < -0.3 is 4.57 Å². The topological polar surface area (TPSA) is 30.7 Å². The lowest BCUT2D eigenvalue weighted by Gasteiger charge is -2.39. The molecule has 0 fully saturated rings. The van der Waals surface area contributed by atoms with Crippen LogP contribution in [0.4, 0.5) is 0 Å². The normalized spacial score (nSPS) is 14.5. The Morgan fingerprint density at radius 1 is 0.294 bits per heavy atom. The Morgan fingerprint density at radius 2 is 0.794 bits per heavy atom. The van der Waals surface area contributed by atoms with E-state index < -0.39 is 5.41 Å². The molecule has 11 aromatic carbocycles. The second kappa shape index (κ2) is 14.0. The van der Waals surface area contributed by atoms with Crippen LogP contribution in [0.1, 0.15) is 22.3 Å². The molecule has 0 radical (unpaired) electrons. The lowest BCUT2D eigenvalue weighted by Crippen LogP contribution is -2.33. The number of nitrogens with zero attached hydrogens (tertiary/aromatic N) is 3. The molecule has 0 saturated carbocycles. The smallest absolute Gasteiger partial charge is 0.160 e. The van der Waals surface area contributed by atoms with Gasteiger partial charge in [0.2, 0.25) is 0 Å². The highest BCUT2D eigenvalue weighted by atomic mass is 15.0. The van der Waals surface area contributed by atoms with Crippen LogP contribution in [0.15, 0.2) is 237 Å². The molecular formula is C65H39N3.